The molecule has 4 nitrogen and oxygen atoms in total. The highest BCUT2D eigenvalue weighted by atomic mass is 35.5. The summed E-state index contributed by atoms with van der Waals surface area (Å²) in [7, 11) is 0. The Bertz CT molecular complexity index is 868. The predicted octanol–water partition coefficient (Wildman–Crippen LogP) is 4.21. The van der Waals surface area contributed by atoms with Crippen LogP contribution in [0.15, 0.2) is 42.5 Å². The molecule has 1 aromatic carbocycles. The van der Waals surface area contributed by atoms with E-state index in [0.717, 1.165) is 10.9 Å². The molecule has 0 aliphatic rings. The molecule has 0 spiro atoms. The van der Waals surface area contributed by atoms with Gasteiger partial charge in [0.05, 0.1) is 16.8 Å². The minimum absolute atomic E-state index is 0.571. The van der Waals surface area contributed by atoms with Gasteiger partial charge in [0, 0.05) is 10.4 Å². The molecule has 0 bridgehead atoms. The Hall–Kier alpha value is -2.64. The molecule has 2 heterocycles. The monoisotopic (exact) mass is 294 g/mol. The predicted molar refractivity (Wildman–Crippen MR) is 83.7 cm³/mol. The zero-order valence-electron chi connectivity index (χ0n) is 11.3. The van der Waals surface area contributed by atoms with Gasteiger partial charge in [-0.2, -0.15) is 5.26 Å². The quantitative estimate of drug-likeness (QED) is 0.769. The maximum atomic E-state index is 8.91. The molecule has 21 heavy (non-hydrogen) atoms. The summed E-state index contributed by atoms with van der Waals surface area (Å²) in [5.41, 5.74) is 2.12. The van der Waals surface area contributed by atoms with Crippen LogP contribution in [0.1, 0.15) is 11.3 Å². The standard InChI is InChI=1S/C16H11ClN4/c1-10-12(9-18)3-7-15(19-10)21-16-6-2-11-8-13(17)4-5-14(11)20-16/h2-8H,1H3,(H,19,20,21). The van der Waals surface area contributed by atoms with Crippen LogP contribution in [0.25, 0.3) is 10.9 Å². The van der Waals surface area contributed by atoms with E-state index < -0.39 is 0 Å². The van der Waals surface area contributed by atoms with Gasteiger partial charge in [-0.25, -0.2) is 9.97 Å². The Morgan fingerprint density at radius 1 is 1.05 bits per heavy atom. The van der Waals surface area contributed by atoms with Crippen LogP contribution in [0.2, 0.25) is 5.02 Å². The van der Waals surface area contributed by atoms with Crippen molar-refractivity contribution >= 4 is 34.1 Å². The number of nitrogens with one attached hydrogen (secondary N) is 1. The number of hydrogen-bond donors (Lipinski definition) is 1. The van der Waals surface area contributed by atoms with Crippen LogP contribution < -0.4 is 5.32 Å². The summed E-state index contributed by atoms with van der Waals surface area (Å²) in [5, 5.41) is 13.7. The van der Waals surface area contributed by atoms with E-state index in [2.05, 4.69) is 21.4 Å². The molecule has 102 valence electrons. The second kappa shape index (κ2) is 5.39. The lowest BCUT2D eigenvalue weighted by atomic mass is 10.2. The second-order valence-corrected chi connectivity index (χ2v) is 5.04. The van der Waals surface area contributed by atoms with Gasteiger partial charge in [-0.15, -0.1) is 0 Å². The molecule has 2 aromatic heterocycles. The number of fused-ring (bicyclic) bond motifs is 1. The van der Waals surface area contributed by atoms with Crippen molar-refractivity contribution in [3.05, 3.63) is 58.7 Å². The molecular formula is C16H11ClN4. The first-order valence-electron chi connectivity index (χ1n) is 6.37. The number of halogens is 1. The van der Waals surface area contributed by atoms with Crippen molar-refractivity contribution in [3.8, 4) is 6.07 Å². The Balaban J connectivity index is 1.93. The average Bonchev–Trinajstić information content (AvgIpc) is 2.48. The summed E-state index contributed by atoms with van der Waals surface area (Å²) in [6.45, 7) is 1.81. The maximum Gasteiger partial charge on any atom is 0.132 e. The number of anilines is 2. The van der Waals surface area contributed by atoms with E-state index in [9.17, 15) is 0 Å². The number of nitriles is 1. The van der Waals surface area contributed by atoms with Crippen LogP contribution in [0.3, 0.4) is 0 Å². The molecule has 0 saturated heterocycles. The van der Waals surface area contributed by atoms with E-state index in [4.69, 9.17) is 16.9 Å². The number of nitrogens with zero attached hydrogens (tertiary/aromatic N) is 3. The van der Waals surface area contributed by atoms with Crippen LogP contribution in [-0.4, -0.2) is 9.97 Å². The van der Waals surface area contributed by atoms with Crippen LogP contribution in [0.5, 0.6) is 0 Å². The van der Waals surface area contributed by atoms with Crippen molar-refractivity contribution < 1.29 is 0 Å². The van der Waals surface area contributed by atoms with Crippen molar-refractivity contribution in [2.24, 2.45) is 0 Å². The van der Waals surface area contributed by atoms with Gasteiger partial charge in [0.25, 0.3) is 0 Å². The maximum absolute atomic E-state index is 8.91. The van der Waals surface area contributed by atoms with Crippen molar-refractivity contribution in [1.82, 2.24) is 9.97 Å². The van der Waals surface area contributed by atoms with Crippen LogP contribution in [0.4, 0.5) is 11.6 Å². The highest BCUT2D eigenvalue weighted by molar-refractivity contribution is 6.31. The zero-order chi connectivity index (χ0) is 14.8. The lowest BCUT2D eigenvalue weighted by Gasteiger charge is -2.07. The number of benzene rings is 1. The molecule has 0 aliphatic carbocycles. The van der Waals surface area contributed by atoms with Gasteiger partial charge in [-0.05, 0) is 49.4 Å². The Kier molecular flexibility index (Phi) is 3.43. The number of hydrogen-bond acceptors (Lipinski definition) is 4. The van der Waals surface area contributed by atoms with Crippen LogP contribution in [-0.2, 0) is 0 Å². The van der Waals surface area contributed by atoms with E-state index in [-0.39, 0.29) is 0 Å². The van der Waals surface area contributed by atoms with E-state index in [1.807, 2.05) is 30.3 Å². The van der Waals surface area contributed by atoms with E-state index in [1.54, 1.807) is 19.1 Å². The van der Waals surface area contributed by atoms with Crippen molar-refractivity contribution in [3.63, 3.8) is 0 Å². The average molecular weight is 295 g/mol. The fraction of sp³-hybridized carbons (Fsp3) is 0.0625. The summed E-state index contributed by atoms with van der Waals surface area (Å²) in [5.74, 6) is 1.36. The number of aromatic nitrogens is 2. The lowest BCUT2D eigenvalue weighted by molar-refractivity contribution is 1.17. The van der Waals surface area contributed by atoms with Gasteiger partial charge in [0.15, 0.2) is 0 Å². The number of aryl methyl sites for hydroxylation is 1. The van der Waals surface area contributed by atoms with Crippen LogP contribution in [0, 0.1) is 18.3 Å². The third-order valence-electron chi connectivity index (χ3n) is 3.11. The molecule has 0 radical (unpaired) electrons. The van der Waals surface area contributed by atoms with Gasteiger partial charge < -0.3 is 5.32 Å². The molecule has 0 fully saturated rings. The number of rotatable bonds is 2. The first kappa shape index (κ1) is 13.3. The summed E-state index contributed by atoms with van der Waals surface area (Å²) in [6.07, 6.45) is 0. The lowest BCUT2D eigenvalue weighted by Crippen LogP contribution is -1.98. The van der Waals surface area contributed by atoms with E-state index in [0.29, 0.717) is 27.9 Å². The molecule has 5 heteroatoms. The summed E-state index contributed by atoms with van der Waals surface area (Å²) in [6, 6.07) is 15.0. The zero-order valence-corrected chi connectivity index (χ0v) is 12.0. The first-order valence-corrected chi connectivity index (χ1v) is 6.74. The fourth-order valence-electron chi connectivity index (χ4n) is 2.05. The molecule has 3 aromatic rings. The molecule has 1 N–H and O–H groups in total. The Morgan fingerprint density at radius 2 is 1.81 bits per heavy atom. The fourth-order valence-corrected chi connectivity index (χ4v) is 2.23. The molecule has 3 rings (SSSR count). The van der Waals surface area contributed by atoms with Gasteiger partial charge >= 0.3 is 0 Å². The molecule has 0 atom stereocenters. The van der Waals surface area contributed by atoms with E-state index in [1.165, 1.54) is 0 Å². The molecule has 0 aliphatic heterocycles. The largest absolute Gasteiger partial charge is 0.325 e. The summed E-state index contributed by atoms with van der Waals surface area (Å²) < 4.78 is 0. The third-order valence-corrected chi connectivity index (χ3v) is 3.35. The summed E-state index contributed by atoms with van der Waals surface area (Å²) in [4.78, 5) is 8.85. The number of pyridine rings is 2. The van der Waals surface area contributed by atoms with Crippen molar-refractivity contribution in [2.45, 2.75) is 6.92 Å². The minimum atomic E-state index is 0.571. The van der Waals surface area contributed by atoms with Crippen molar-refractivity contribution in [2.75, 3.05) is 5.32 Å². The normalized spacial score (nSPS) is 10.3. The van der Waals surface area contributed by atoms with Gasteiger partial charge in [0.2, 0.25) is 0 Å². The van der Waals surface area contributed by atoms with Crippen molar-refractivity contribution in [1.29, 1.82) is 5.26 Å². The van der Waals surface area contributed by atoms with E-state index >= 15 is 0 Å². The van der Waals surface area contributed by atoms with Gasteiger partial charge in [-0.1, -0.05) is 11.6 Å². The van der Waals surface area contributed by atoms with Gasteiger partial charge in [0.1, 0.15) is 17.7 Å². The highest BCUT2D eigenvalue weighted by Gasteiger charge is 2.03. The van der Waals surface area contributed by atoms with Crippen LogP contribution >= 0.6 is 11.6 Å². The topological polar surface area (TPSA) is 61.6 Å². The Morgan fingerprint density at radius 3 is 2.57 bits per heavy atom. The highest BCUT2D eigenvalue weighted by Crippen LogP contribution is 2.21. The third kappa shape index (κ3) is 2.78. The van der Waals surface area contributed by atoms with Gasteiger partial charge in [-0.3, -0.25) is 0 Å². The first-order chi connectivity index (χ1) is 10.2. The molecule has 0 unspecified atom stereocenters. The second-order valence-electron chi connectivity index (χ2n) is 4.60. The molecule has 0 amide bonds. The summed E-state index contributed by atoms with van der Waals surface area (Å²) >= 11 is 5.95. The molecule has 0 saturated carbocycles. The Labute approximate surface area is 127 Å². The smallest absolute Gasteiger partial charge is 0.132 e. The SMILES string of the molecule is Cc1nc(Nc2ccc3cc(Cl)ccc3n2)ccc1C#N. The molecular weight excluding hydrogens is 284 g/mol. The minimum Gasteiger partial charge on any atom is -0.325 e.